The van der Waals surface area contributed by atoms with Gasteiger partial charge in [0.2, 0.25) is 10.0 Å². The van der Waals surface area contributed by atoms with Gasteiger partial charge in [0.1, 0.15) is 6.04 Å². The zero-order valence-corrected chi connectivity index (χ0v) is 10.4. The predicted molar refractivity (Wildman–Crippen MR) is 57.7 cm³/mol. The van der Waals surface area contributed by atoms with Crippen LogP contribution in [-0.2, 0) is 14.8 Å². The van der Waals surface area contributed by atoms with E-state index in [2.05, 4.69) is 0 Å². The monoisotopic (exact) mass is 234 g/mol. The summed E-state index contributed by atoms with van der Waals surface area (Å²) in [4.78, 5) is 0. The highest BCUT2D eigenvalue weighted by atomic mass is 32.2. The van der Waals surface area contributed by atoms with Gasteiger partial charge in [-0.1, -0.05) is 0 Å². The Morgan fingerprint density at radius 3 is 2.33 bits per heavy atom. The lowest BCUT2D eigenvalue weighted by Gasteiger charge is -2.19. The fourth-order valence-electron chi connectivity index (χ4n) is 0.855. The van der Waals surface area contributed by atoms with E-state index in [-0.39, 0.29) is 18.5 Å². The normalized spacial score (nSPS) is 14.2. The SMILES string of the molecule is CC(C)OCCS(=O)(=O)N(C)C(C)C#N. The Hall–Kier alpha value is -0.640. The maximum Gasteiger partial charge on any atom is 0.217 e. The molecule has 1 atom stereocenters. The van der Waals surface area contributed by atoms with Gasteiger partial charge in [-0.15, -0.1) is 0 Å². The molecule has 5 nitrogen and oxygen atoms in total. The molecule has 0 saturated carbocycles. The lowest BCUT2D eigenvalue weighted by Crippen LogP contribution is -2.37. The predicted octanol–water partition coefficient (Wildman–Crippen LogP) is 0.585. The smallest absolute Gasteiger partial charge is 0.217 e. The fourth-order valence-corrected chi connectivity index (χ4v) is 1.98. The molecule has 0 fully saturated rings. The number of rotatable bonds is 6. The van der Waals surface area contributed by atoms with Crippen molar-refractivity contribution in [2.75, 3.05) is 19.4 Å². The van der Waals surface area contributed by atoms with E-state index in [9.17, 15) is 8.42 Å². The van der Waals surface area contributed by atoms with E-state index in [4.69, 9.17) is 10.00 Å². The number of nitriles is 1. The third-order valence-electron chi connectivity index (χ3n) is 1.96. The average Bonchev–Trinajstić information content (AvgIpc) is 2.14. The number of sulfonamides is 1. The van der Waals surface area contributed by atoms with Gasteiger partial charge in [-0.25, -0.2) is 8.42 Å². The van der Waals surface area contributed by atoms with Gasteiger partial charge in [-0.05, 0) is 20.8 Å². The molecular weight excluding hydrogens is 216 g/mol. The van der Waals surface area contributed by atoms with Crippen LogP contribution in [0.1, 0.15) is 20.8 Å². The quantitative estimate of drug-likeness (QED) is 0.674. The van der Waals surface area contributed by atoms with E-state index in [0.717, 1.165) is 4.31 Å². The Labute approximate surface area is 91.7 Å². The highest BCUT2D eigenvalue weighted by Gasteiger charge is 2.22. The third kappa shape index (κ3) is 5.11. The van der Waals surface area contributed by atoms with Crippen molar-refractivity contribution in [2.45, 2.75) is 32.9 Å². The van der Waals surface area contributed by atoms with Crippen LogP contribution in [0.15, 0.2) is 0 Å². The first-order chi connectivity index (χ1) is 6.81. The van der Waals surface area contributed by atoms with Gasteiger partial charge in [0.05, 0.1) is 24.5 Å². The molecule has 0 N–H and O–H groups in total. The number of hydrogen-bond donors (Lipinski definition) is 0. The molecule has 0 aliphatic carbocycles. The average molecular weight is 234 g/mol. The largest absolute Gasteiger partial charge is 0.378 e. The number of ether oxygens (including phenoxy) is 1. The van der Waals surface area contributed by atoms with E-state index in [0.29, 0.717) is 0 Å². The molecule has 6 heteroatoms. The zero-order valence-electron chi connectivity index (χ0n) is 9.60. The molecule has 15 heavy (non-hydrogen) atoms. The molecule has 0 amide bonds. The Morgan fingerprint density at radius 1 is 1.40 bits per heavy atom. The van der Waals surface area contributed by atoms with Gasteiger partial charge in [0.15, 0.2) is 0 Å². The maximum absolute atomic E-state index is 11.6. The zero-order chi connectivity index (χ0) is 12.1. The first-order valence-corrected chi connectivity index (χ1v) is 6.39. The fraction of sp³-hybridized carbons (Fsp3) is 0.889. The molecule has 88 valence electrons. The summed E-state index contributed by atoms with van der Waals surface area (Å²) in [6.45, 7) is 5.38. The molecule has 0 saturated heterocycles. The molecular formula is C9H18N2O3S. The Morgan fingerprint density at radius 2 is 1.93 bits per heavy atom. The summed E-state index contributed by atoms with van der Waals surface area (Å²) in [5, 5.41) is 8.59. The van der Waals surface area contributed by atoms with Crippen LogP contribution in [0.25, 0.3) is 0 Å². The second-order valence-corrected chi connectivity index (χ2v) is 5.70. The van der Waals surface area contributed by atoms with E-state index in [1.165, 1.54) is 7.05 Å². The minimum atomic E-state index is -3.38. The second-order valence-electron chi connectivity index (χ2n) is 3.56. The first kappa shape index (κ1) is 14.4. The summed E-state index contributed by atoms with van der Waals surface area (Å²) in [6, 6.07) is 1.23. The summed E-state index contributed by atoms with van der Waals surface area (Å²) < 4.78 is 29.4. The van der Waals surface area contributed by atoms with Crippen LogP contribution in [0.2, 0.25) is 0 Å². The molecule has 0 aliphatic heterocycles. The summed E-state index contributed by atoms with van der Waals surface area (Å²) in [7, 11) is -1.98. The molecule has 0 aromatic rings. The lowest BCUT2D eigenvalue weighted by atomic mass is 10.4. The molecule has 0 aliphatic rings. The lowest BCUT2D eigenvalue weighted by molar-refractivity contribution is 0.0907. The van der Waals surface area contributed by atoms with E-state index < -0.39 is 16.1 Å². The van der Waals surface area contributed by atoms with Crippen molar-refractivity contribution in [2.24, 2.45) is 0 Å². The van der Waals surface area contributed by atoms with Crippen LogP contribution >= 0.6 is 0 Å². The Kier molecular flexibility index (Phi) is 5.80. The van der Waals surface area contributed by atoms with Gasteiger partial charge < -0.3 is 4.74 Å². The molecule has 0 radical (unpaired) electrons. The van der Waals surface area contributed by atoms with E-state index in [1.54, 1.807) is 6.92 Å². The highest BCUT2D eigenvalue weighted by Crippen LogP contribution is 2.04. The van der Waals surface area contributed by atoms with Crippen LogP contribution < -0.4 is 0 Å². The van der Waals surface area contributed by atoms with Crippen molar-refractivity contribution in [1.82, 2.24) is 4.31 Å². The molecule has 0 aromatic carbocycles. The Balaban J connectivity index is 4.26. The standard InChI is InChI=1S/C9H18N2O3S/c1-8(2)14-5-6-15(12,13)11(4)9(3)7-10/h8-9H,5-6H2,1-4H3. The van der Waals surface area contributed by atoms with Crippen LogP contribution in [-0.4, -0.2) is 44.3 Å². The topological polar surface area (TPSA) is 70.4 Å². The van der Waals surface area contributed by atoms with Crippen molar-refractivity contribution in [3.8, 4) is 6.07 Å². The minimum Gasteiger partial charge on any atom is -0.378 e. The summed E-state index contributed by atoms with van der Waals surface area (Å²) >= 11 is 0. The maximum atomic E-state index is 11.6. The van der Waals surface area contributed by atoms with Gasteiger partial charge in [-0.2, -0.15) is 9.57 Å². The number of nitrogens with zero attached hydrogens (tertiary/aromatic N) is 2. The van der Waals surface area contributed by atoms with E-state index >= 15 is 0 Å². The third-order valence-corrected chi connectivity index (χ3v) is 3.84. The van der Waals surface area contributed by atoms with Crippen LogP contribution in [0.4, 0.5) is 0 Å². The van der Waals surface area contributed by atoms with Crippen LogP contribution in [0.5, 0.6) is 0 Å². The van der Waals surface area contributed by atoms with Gasteiger partial charge in [-0.3, -0.25) is 0 Å². The van der Waals surface area contributed by atoms with Gasteiger partial charge in [0.25, 0.3) is 0 Å². The van der Waals surface area contributed by atoms with Crippen molar-refractivity contribution in [3.63, 3.8) is 0 Å². The van der Waals surface area contributed by atoms with Crippen molar-refractivity contribution in [1.29, 1.82) is 5.26 Å². The molecule has 0 bridgehead atoms. The van der Waals surface area contributed by atoms with Crippen molar-refractivity contribution < 1.29 is 13.2 Å². The van der Waals surface area contributed by atoms with Crippen molar-refractivity contribution >= 4 is 10.0 Å². The van der Waals surface area contributed by atoms with Crippen LogP contribution in [0.3, 0.4) is 0 Å². The summed E-state index contributed by atoms with van der Waals surface area (Å²) in [5.74, 6) is -0.0896. The van der Waals surface area contributed by atoms with Gasteiger partial charge in [0, 0.05) is 7.05 Å². The van der Waals surface area contributed by atoms with E-state index in [1.807, 2.05) is 19.9 Å². The van der Waals surface area contributed by atoms with Crippen LogP contribution in [0, 0.1) is 11.3 Å². The molecule has 0 rings (SSSR count). The van der Waals surface area contributed by atoms with Crippen molar-refractivity contribution in [3.05, 3.63) is 0 Å². The highest BCUT2D eigenvalue weighted by molar-refractivity contribution is 7.89. The molecule has 0 spiro atoms. The molecule has 0 heterocycles. The summed E-state index contributed by atoms with van der Waals surface area (Å²) in [5.41, 5.74) is 0. The Bertz CT molecular complexity index is 319. The minimum absolute atomic E-state index is 0.0129. The van der Waals surface area contributed by atoms with Gasteiger partial charge >= 0.3 is 0 Å². The first-order valence-electron chi connectivity index (χ1n) is 4.78. The second kappa shape index (κ2) is 6.05. The number of hydrogen-bond acceptors (Lipinski definition) is 4. The summed E-state index contributed by atoms with van der Waals surface area (Å²) in [6.07, 6.45) is 0.0129. The molecule has 0 aromatic heterocycles. The molecule has 1 unspecified atom stereocenters.